The summed E-state index contributed by atoms with van der Waals surface area (Å²) in [4.78, 5) is 27.1. The summed E-state index contributed by atoms with van der Waals surface area (Å²) < 4.78 is 24.0. The van der Waals surface area contributed by atoms with Gasteiger partial charge >= 0.3 is 5.97 Å². The first-order valence-corrected chi connectivity index (χ1v) is 14.0. The van der Waals surface area contributed by atoms with E-state index in [0.29, 0.717) is 29.6 Å². The zero-order valence-electron chi connectivity index (χ0n) is 22.8. The largest absolute Gasteiger partial charge is 0.478 e. The number of rotatable bonds is 11. The van der Waals surface area contributed by atoms with Gasteiger partial charge < -0.3 is 19.0 Å². The second-order valence-corrected chi connectivity index (χ2v) is 10.4. The molecule has 0 amide bonds. The summed E-state index contributed by atoms with van der Waals surface area (Å²) in [6.45, 7) is 5.87. The van der Waals surface area contributed by atoms with Crippen LogP contribution >= 0.6 is 11.6 Å². The highest BCUT2D eigenvalue weighted by molar-refractivity contribution is 6.30. The predicted octanol–water partition coefficient (Wildman–Crippen LogP) is 5.39. The molecule has 9 nitrogen and oxygen atoms in total. The highest BCUT2D eigenvalue weighted by atomic mass is 35.5. The number of imidazole rings is 2. The molecule has 1 N–H and O–H groups in total. The van der Waals surface area contributed by atoms with Crippen molar-refractivity contribution in [1.82, 2.24) is 29.0 Å². The van der Waals surface area contributed by atoms with Crippen LogP contribution in [0.1, 0.15) is 54.2 Å². The Morgan fingerprint density at radius 3 is 2.78 bits per heavy atom. The van der Waals surface area contributed by atoms with E-state index in [1.165, 1.54) is 6.07 Å². The van der Waals surface area contributed by atoms with Crippen LogP contribution < -0.4 is 4.74 Å². The van der Waals surface area contributed by atoms with Gasteiger partial charge in [0.15, 0.2) is 0 Å². The van der Waals surface area contributed by atoms with E-state index in [0.717, 1.165) is 61.5 Å². The second-order valence-electron chi connectivity index (χ2n) is 10.0. The van der Waals surface area contributed by atoms with E-state index in [4.69, 9.17) is 26.4 Å². The van der Waals surface area contributed by atoms with Gasteiger partial charge in [-0.3, -0.25) is 4.90 Å². The topological polar surface area (TPSA) is 98.3 Å². The number of likely N-dealkylation sites (tertiary alicyclic amines) is 1. The number of nitrogens with zero attached hydrogens (tertiary/aromatic N) is 6. The van der Waals surface area contributed by atoms with Gasteiger partial charge in [-0.05, 0) is 57.1 Å². The lowest BCUT2D eigenvalue weighted by Gasteiger charge is -2.31. The maximum Gasteiger partial charge on any atom is 0.328 e. The van der Waals surface area contributed by atoms with Gasteiger partial charge in [-0.1, -0.05) is 23.7 Å². The maximum absolute atomic E-state index is 14.1. The fraction of sp³-hybridized carbons (Fsp3) is 0.333. The number of carboxylic acids is 1. The van der Waals surface area contributed by atoms with Crippen LogP contribution in [0.2, 0.25) is 5.02 Å². The average molecular weight is 579 g/mol. The van der Waals surface area contributed by atoms with E-state index in [-0.39, 0.29) is 12.5 Å². The van der Waals surface area contributed by atoms with Crippen molar-refractivity contribution in [3.8, 4) is 5.88 Å². The van der Waals surface area contributed by atoms with E-state index in [1.54, 1.807) is 36.8 Å². The van der Waals surface area contributed by atoms with E-state index in [2.05, 4.69) is 30.9 Å². The van der Waals surface area contributed by atoms with Gasteiger partial charge in [0.05, 0.1) is 37.0 Å². The summed E-state index contributed by atoms with van der Waals surface area (Å²) >= 11 is 5.84. The molecule has 214 valence electrons. The van der Waals surface area contributed by atoms with Crippen molar-refractivity contribution in [3.05, 3.63) is 101 Å². The molecule has 3 aromatic heterocycles. The molecule has 0 atom stereocenters. The third kappa shape index (κ3) is 7.20. The van der Waals surface area contributed by atoms with Crippen molar-refractivity contribution >= 4 is 23.6 Å². The van der Waals surface area contributed by atoms with Gasteiger partial charge in [0.1, 0.15) is 18.2 Å². The summed E-state index contributed by atoms with van der Waals surface area (Å²) in [6.07, 6.45) is 9.93. The summed E-state index contributed by atoms with van der Waals surface area (Å²) in [5.74, 6) is 0.229. The smallest absolute Gasteiger partial charge is 0.328 e. The Kier molecular flexibility index (Phi) is 9.11. The van der Waals surface area contributed by atoms with Gasteiger partial charge in [0.2, 0.25) is 5.88 Å². The molecule has 0 bridgehead atoms. The fourth-order valence-corrected chi connectivity index (χ4v) is 5.23. The van der Waals surface area contributed by atoms with Crippen molar-refractivity contribution in [2.24, 2.45) is 0 Å². The number of hydrogen-bond donors (Lipinski definition) is 1. The number of benzene rings is 1. The lowest BCUT2D eigenvalue weighted by atomic mass is 9.93. The van der Waals surface area contributed by atoms with Crippen LogP contribution in [-0.2, 0) is 31.0 Å². The highest BCUT2D eigenvalue weighted by Gasteiger charge is 2.24. The van der Waals surface area contributed by atoms with Crippen molar-refractivity contribution in [2.45, 2.75) is 51.9 Å². The monoisotopic (exact) mass is 578 g/mol. The van der Waals surface area contributed by atoms with Gasteiger partial charge in [-0.2, -0.15) is 0 Å². The molecule has 0 saturated carbocycles. The Bertz CT molecular complexity index is 1530. The van der Waals surface area contributed by atoms with Crippen molar-refractivity contribution in [1.29, 1.82) is 0 Å². The fourth-order valence-electron chi connectivity index (χ4n) is 5.07. The Balaban J connectivity index is 1.22. The molecule has 4 aromatic rings. The molecule has 1 aromatic carbocycles. The van der Waals surface area contributed by atoms with Gasteiger partial charge in [0.25, 0.3) is 0 Å². The molecule has 5 rings (SSSR count). The Morgan fingerprint density at radius 2 is 2.02 bits per heavy atom. The number of halogens is 2. The quantitative estimate of drug-likeness (QED) is 0.238. The number of aliphatic carboxylic acids is 1. The van der Waals surface area contributed by atoms with Crippen LogP contribution in [0.3, 0.4) is 0 Å². The molecule has 1 aliphatic rings. The summed E-state index contributed by atoms with van der Waals surface area (Å²) in [5, 5.41) is 9.49. The first-order valence-electron chi connectivity index (χ1n) is 13.6. The highest BCUT2D eigenvalue weighted by Crippen LogP contribution is 2.29. The first-order chi connectivity index (χ1) is 19.9. The van der Waals surface area contributed by atoms with Crippen LogP contribution in [0.4, 0.5) is 4.39 Å². The standard InChI is InChI=1S/C30H32ClFN6O3/c1-2-37-20-33-15-25(37)17-38-24(8-9-30(39)40)16-34-28(38)18-36-12-10-21(11-13-36)27-4-3-5-29(35-27)41-19-22-6-7-23(31)14-26(22)32/h3-9,14-16,20-21H,2,10-13,17-19H2,1H3,(H,39,40)/b9-8+. The normalized spacial score (nSPS) is 14.6. The molecule has 1 fully saturated rings. The predicted molar refractivity (Wildman–Crippen MR) is 153 cm³/mol. The number of hydrogen-bond acceptors (Lipinski definition) is 6. The summed E-state index contributed by atoms with van der Waals surface area (Å²) in [7, 11) is 0. The second kappa shape index (κ2) is 13.1. The minimum atomic E-state index is -1.000. The zero-order valence-corrected chi connectivity index (χ0v) is 23.5. The van der Waals surface area contributed by atoms with E-state index < -0.39 is 11.8 Å². The SMILES string of the molecule is CCn1cncc1Cn1c(/C=C/C(=O)O)cnc1CN1CCC(c2cccc(OCc3ccc(Cl)cc3F)n2)CC1. The third-order valence-electron chi connectivity index (χ3n) is 7.33. The van der Waals surface area contributed by atoms with Gasteiger partial charge in [0, 0.05) is 47.1 Å². The van der Waals surface area contributed by atoms with Crippen LogP contribution in [0.15, 0.2) is 61.2 Å². The molecule has 0 radical (unpaired) electrons. The van der Waals surface area contributed by atoms with Crippen LogP contribution in [0.25, 0.3) is 6.08 Å². The summed E-state index contributed by atoms with van der Waals surface area (Å²) in [6, 6.07) is 10.3. The van der Waals surface area contributed by atoms with Crippen LogP contribution in [0.5, 0.6) is 5.88 Å². The number of aromatic nitrogens is 5. The van der Waals surface area contributed by atoms with Gasteiger partial charge in [-0.25, -0.2) is 24.1 Å². The van der Waals surface area contributed by atoms with Crippen LogP contribution in [-0.4, -0.2) is 53.2 Å². The third-order valence-corrected chi connectivity index (χ3v) is 7.57. The molecule has 1 saturated heterocycles. The first kappa shape index (κ1) is 28.5. The number of aryl methyl sites for hydroxylation is 1. The molecule has 4 heterocycles. The Labute approximate surface area is 242 Å². The molecule has 41 heavy (non-hydrogen) atoms. The Morgan fingerprint density at radius 1 is 1.20 bits per heavy atom. The number of carbonyl (C=O) groups is 1. The van der Waals surface area contributed by atoms with E-state index in [1.807, 2.05) is 18.3 Å². The molecule has 0 aliphatic carbocycles. The minimum absolute atomic E-state index is 0.0766. The van der Waals surface area contributed by atoms with E-state index >= 15 is 0 Å². The molecule has 1 aliphatic heterocycles. The zero-order chi connectivity index (χ0) is 28.8. The van der Waals surface area contributed by atoms with Crippen molar-refractivity contribution in [2.75, 3.05) is 13.1 Å². The maximum atomic E-state index is 14.1. The summed E-state index contributed by atoms with van der Waals surface area (Å²) in [5.41, 5.74) is 3.16. The molecule has 11 heteroatoms. The molecule has 0 unspecified atom stereocenters. The van der Waals surface area contributed by atoms with E-state index in [9.17, 15) is 9.18 Å². The molecule has 0 spiro atoms. The molecular formula is C30H32ClFN6O3. The number of ether oxygens (including phenoxy) is 1. The van der Waals surface area contributed by atoms with Crippen molar-refractivity contribution in [3.63, 3.8) is 0 Å². The molecular weight excluding hydrogens is 547 g/mol. The number of carboxylic acid groups (broad SMARTS) is 1. The number of pyridine rings is 1. The number of piperidine rings is 1. The van der Waals surface area contributed by atoms with Crippen LogP contribution in [0, 0.1) is 5.82 Å². The lowest BCUT2D eigenvalue weighted by molar-refractivity contribution is -0.131. The Hall–Kier alpha value is -4.02. The lowest BCUT2D eigenvalue weighted by Crippen LogP contribution is -2.33. The average Bonchev–Trinajstić information content (AvgIpc) is 3.58. The van der Waals surface area contributed by atoms with Crippen molar-refractivity contribution < 1.29 is 19.0 Å². The van der Waals surface area contributed by atoms with Gasteiger partial charge in [-0.15, -0.1) is 0 Å². The minimum Gasteiger partial charge on any atom is -0.478 e.